The topological polar surface area (TPSA) is 74.7 Å². The summed E-state index contributed by atoms with van der Waals surface area (Å²) in [4.78, 5) is 8.82. The van der Waals surface area contributed by atoms with Gasteiger partial charge in [0.05, 0.1) is 18.3 Å². The third-order valence-corrected chi connectivity index (χ3v) is 4.81. The molecule has 31 heavy (non-hydrogen) atoms. The van der Waals surface area contributed by atoms with Crippen LogP contribution in [0, 0.1) is 0 Å². The average Bonchev–Trinajstić information content (AvgIpc) is 3.28. The van der Waals surface area contributed by atoms with Gasteiger partial charge in [0.25, 0.3) is 0 Å². The fourth-order valence-electron chi connectivity index (χ4n) is 3.33. The van der Waals surface area contributed by atoms with Crippen LogP contribution in [0.15, 0.2) is 67.0 Å². The first kappa shape index (κ1) is 20.6. The monoisotopic (exact) mass is 437 g/mol. The van der Waals surface area contributed by atoms with Crippen LogP contribution >= 0.6 is 12.4 Å². The number of methoxy groups -OCH3 is 1. The van der Waals surface area contributed by atoms with Gasteiger partial charge >= 0.3 is 0 Å². The number of benzene rings is 3. The van der Waals surface area contributed by atoms with Crippen molar-refractivity contribution in [3.63, 3.8) is 0 Å². The van der Waals surface area contributed by atoms with Crippen LogP contribution in [0.25, 0.3) is 10.9 Å². The third kappa shape index (κ3) is 4.13. The molecule has 0 unspecified atom stereocenters. The first-order valence-corrected chi connectivity index (χ1v) is 9.47. The number of para-hydroxylation sites is 1. The molecule has 8 heteroatoms. The van der Waals surface area contributed by atoms with Gasteiger partial charge in [0.15, 0.2) is 23.0 Å². The van der Waals surface area contributed by atoms with E-state index < -0.39 is 0 Å². The van der Waals surface area contributed by atoms with Gasteiger partial charge in [0.1, 0.15) is 18.8 Å². The first-order valence-electron chi connectivity index (χ1n) is 9.47. The maximum atomic E-state index is 6.00. The molecule has 0 amide bonds. The maximum absolute atomic E-state index is 6.00. The Bertz CT molecular complexity index is 1200. The molecule has 0 spiro atoms. The van der Waals surface area contributed by atoms with Crippen molar-refractivity contribution in [2.24, 2.45) is 0 Å². The second-order valence-corrected chi connectivity index (χ2v) is 6.68. The lowest BCUT2D eigenvalue weighted by molar-refractivity contribution is 0.174. The number of anilines is 2. The number of aromatic nitrogens is 2. The minimum absolute atomic E-state index is 0. The van der Waals surface area contributed by atoms with E-state index in [1.54, 1.807) is 7.11 Å². The summed E-state index contributed by atoms with van der Waals surface area (Å²) in [6, 6.07) is 19.4. The molecule has 1 aromatic heterocycles. The Kier molecular flexibility index (Phi) is 5.95. The van der Waals surface area contributed by atoms with E-state index in [2.05, 4.69) is 15.3 Å². The van der Waals surface area contributed by atoms with Crippen LogP contribution in [0.4, 0.5) is 11.5 Å². The predicted octanol–water partition coefficient (Wildman–Crippen LogP) is 5.11. The summed E-state index contributed by atoms with van der Waals surface area (Å²) in [6.07, 6.45) is 1.51. The summed E-state index contributed by atoms with van der Waals surface area (Å²) in [6.45, 7) is 0.640. The highest BCUT2D eigenvalue weighted by molar-refractivity contribution is 5.93. The molecule has 2 heterocycles. The number of hydrogen-bond acceptors (Lipinski definition) is 7. The number of ether oxygens (including phenoxy) is 4. The maximum Gasteiger partial charge on any atom is 0.231 e. The highest BCUT2D eigenvalue weighted by atomic mass is 35.5. The molecule has 0 saturated heterocycles. The molecule has 5 rings (SSSR count). The molecule has 1 aliphatic rings. The Balaban J connectivity index is 0.00000231. The molecule has 4 aromatic rings. The van der Waals surface area contributed by atoms with Crippen LogP contribution in [0.1, 0.15) is 5.56 Å². The summed E-state index contributed by atoms with van der Waals surface area (Å²) < 4.78 is 22.6. The molecule has 1 aliphatic heterocycles. The van der Waals surface area contributed by atoms with Gasteiger partial charge in [0, 0.05) is 11.5 Å². The van der Waals surface area contributed by atoms with Crippen LogP contribution in [-0.4, -0.2) is 23.9 Å². The molecule has 0 fully saturated rings. The van der Waals surface area contributed by atoms with E-state index in [0.717, 1.165) is 22.2 Å². The second-order valence-electron chi connectivity index (χ2n) is 6.68. The van der Waals surface area contributed by atoms with Gasteiger partial charge in [-0.3, -0.25) is 0 Å². The average molecular weight is 438 g/mol. The molecule has 158 valence electrons. The van der Waals surface area contributed by atoms with Crippen molar-refractivity contribution in [3.8, 4) is 23.0 Å². The van der Waals surface area contributed by atoms with Crippen LogP contribution in [0.2, 0.25) is 0 Å². The van der Waals surface area contributed by atoms with Gasteiger partial charge in [-0.05, 0) is 23.8 Å². The Labute approximate surface area is 185 Å². The zero-order valence-corrected chi connectivity index (χ0v) is 17.5. The first-order chi connectivity index (χ1) is 14.8. The summed E-state index contributed by atoms with van der Waals surface area (Å²) >= 11 is 0. The van der Waals surface area contributed by atoms with Crippen LogP contribution in [0.5, 0.6) is 23.0 Å². The largest absolute Gasteiger partial charge is 0.493 e. The predicted molar refractivity (Wildman–Crippen MR) is 120 cm³/mol. The Morgan fingerprint density at radius 3 is 2.68 bits per heavy atom. The number of halogens is 1. The van der Waals surface area contributed by atoms with E-state index in [1.807, 2.05) is 60.7 Å². The van der Waals surface area contributed by atoms with Crippen molar-refractivity contribution in [1.82, 2.24) is 9.97 Å². The highest BCUT2D eigenvalue weighted by Gasteiger charge is 2.19. The molecule has 3 aromatic carbocycles. The molecule has 0 saturated carbocycles. The number of rotatable bonds is 6. The van der Waals surface area contributed by atoms with E-state index in [4.69, 9.17) is 18.9 Å². The Hall–Kier alpha value is -3.71. The lowest BCUT2D eigenvalue weighted by atomic mass is 10.2. The minimum atomic E-state index is 0. The summed E-state index contributed by atoms with van der Waals surface area (Å²) in [5.41, 5.74) is 2.58. The fraction of sp³-hybridized carbons (Fsp3) is 0.130. The van der Waals surface area contributed by atoms with E-state index in [-0.39, 0.29) is 19.2 Å². The van der Waals surface area contributed by atoms with Gasteiger partial charge in [-0.15, -0.1) is 12.4 Å². The lowest BCUT2D eigenvalue weighted by Gasteiger charge is -2.14. The normalized spacial score (nSPS) is 11.6. The zero-order chi connectivity index (χ0) is 20.3. The summed E-state index contributed by atoms with van der Waals surface area (Å²) in [5.74, 6) is 3.23. The fourth-order valence-corrected chi connectivity index (χ4v) is 3.33. The van der Waals surface area contributed by atoms with Crippen LogP contribution in [-0.2, 0) is 6.61 Å². The van der Waals surface area contributed by atoms with E-state index in [0.29, 0.717) is 35.4 Å². The van der Waals surface area contributed by atoms with Gasteiger partial charge in [-0.25, -0.2) is 9.97 Å². The second kappa shape index (κ2) is 8.97. The van der Waals surface area contributed by atoms with Gasteiger partial charge in [-0.1, -0.05) is 36.4 Å². The summed E-state index contributed by atoms with van der Waals surface area (Å²) in [5, 5.41) is 4.13. The SMILES string of the molecule is COc1cc2c(Nc3cccc4c3OCO4)ncnc2cc1OCc1ccccc1.Cl. The molecule has 0 aliphatic carbocycles. The van der Waals surface area contributed by atoms with Gasteiger partial charge < -0.3 is 24.3 Å². The number of hydrogen-bond donors (Lipinski definition) is 1. The van der Waals surface area contributed by atoms with Gasteiger partial charge in [-0.2, -0.15) is 0 Å². The minimum Gasteiger partial charge on any atom is -0.493 e. The van der Waals surface area contributed by atoms with E-state index in [9.17, 15) is 0 Å². The molecule has 0 bridgehead atoms. The van der Waals surface area contributed by atoms with Crippen molar-refractivity contribution in [1.29, 1.82) is 0 Å². The number of fused-ring (bicyclic) bond motifs is 2. The van der Waals surface area contributed by atoms with Gasteiger partial charge in [0.2, 0.25) is 6.79 Å². The molecule has 0 radical (unpaired) electrons. The third-order valence-electron chi connectivity index (χ3n) is 4.81. The van der Waals surface area contributed by atoms with E-state index >= 15 is 0 Å². The van der Waals surface area contributed by atoms with Crippen LogP contribution in [0.3, 0.4) is 0 Å². The summed E-state index contributed by atoms with van der Waals surface area (Å²) in [7, 11) is 1.61. The lowest BCUT2D eigenvalue weighted by Crippen LogP contribution is -2.01. The van der Waals surface area contributed by atoms with E-state index in [1.165, 1.54) is 6.33 Å². The smallest absolute Gasteiger partial charge is 0.231 e. The van der Waals surface area contributed by atoms with Crippen LogP contribution < -0.4 is 24.3 Å². The standard InChI is InChI=1S/C23H19N3O4.ClH/c1-27-20-10-16-18(11-21(20)28-12-15-6-3-2-4-7-15)24-13-25-23(16)26-17-8-5-9-19-22(17)30-14-29-19;/h2-11,13H,12,14H2,1H3,(H,24,25,26);1H. The van der Waals surface area contributed by atoms with Crippen molar-refractivity contribution >= 4 is 34.8 Å². The molecular weight excluding hydrogens is 418 g/mol. The molecule has 7 nitrogen and oxygen atoms in total. The Morgan fingerprint density at radius 1 is 0.968 bits per heavy atom. The Morgan fingerprint density at radius 2 is 1.84 bits per heavy atom. The highest BCUT2D eigenvalue weighted by Crippen LogP contribution is 2.41. The van der Waals surface area contributed by atoms with Crippen molar-refractivity contribution in [2.75, 3.05) is 19.2 Å². The van der Waals surface area contributed by atoms with Crippen molar-refractivity contribution < 1.29 is 18.9 Å². The quantitative estimate of drug-likeness (QED) is 0.449. The van der Waals surface area contributed by atoms with Crippen molar-refractivity contribution in [2.45, 2.75) is 6.61 Å². The number of nitrogens with one attached hydrogen (secondary N) is 1. The zero-order valence-electron chi connectivity index (χ0n) is 16.7. The molecule has 1 N–H and O–H groups in total. The van der Waals surface area contributed by atoms with Crippen molar-refractivity contribution in [3.05, 3.63) is 72.6 Å². The molecular formula is C23H20ClN3O4. The molecule has 0 atom stereocenters. The number of nitrogens with zero attached hydrogens (tertiary/aromatic N) is 2.